The number of methoxy groups -OCH3 is 1. The molecule has 2 heterocycles. The second-order valence-corrected chi connectivity index (χ2v) is 16.6. The Hall–Kier alpha value is -5.48. The third-order valence-electron chi connectivity index (χ3n) is 11.8. The van der Waals surface area contributed by atoms with Crippen LogP contribution in [0.15, 0.2) is 42.0 Å². The molecule has 4 saturated carbocycles. The van der Waals surface area contributed by atoms with Crippen LogP contribution in [0.2, 0.25) is 5.02 Å². The second kappa shape index (κ2) is 18.2. The van der Waals surface area contributed by atoms with E-state index in [0.717, 1.165) is 52.0 Å². The van der Waals surface area contributed by atoms with E-state index in [9.17, 15) is 33.6 Å². The summed E-state index contributed by atoms with van der Waals surface area (Å²) in [6, 6.07) is 10.0. The molecule has 16 nitrogen and oxygen atoms in total. The Morgan fingerprint density at radius 3 is 1.87 bits per heavy atom. The Labute approximate surface area is 357 Å². The number of benzene rings is 2. The summed E-state index contributed by atoms with van der Waals surface area (Å²) in [4.78, 5) is 91.3. The first-order chi connectivity index (χ1) is 29.1. The van der Waals surface area contributed by atoms with Crippen molar-refractivity contribution >= 4 is 59.0 Å². The van der Waals surface area contributed by atoms with Crippen molar-refractivity contribution in [2.24, 2.45) is 23.7 Å². The highest BCUT2D eigenvalue weighted by Crippen LogP contribution is 2.58. The van der Waals surface area contributed by atoms with E-state index < -0.39 is 79.0 Å². The standard InChI is InChI=1S/C44H48ClNO15/c1-21(47)55-20-34-40(56-22(2)48)41(57-23(3)49)42(58-24(4)50)44(60-34)59-33-19-28(12-25-6-8-29(9-7-25)43(53)61-46-35(51)10-11-36(46)52)18-32(38(33)45)39(54-5)37-30-14-26-13-27(16-30)17-31(37)15-26/h6-9,18-19,26-27,30-31,34,40-42,44H,10-17,20H2,1-5H3. The Kier molecular flexibility index (Phi) is 13.0. The lowest BCUT2D eigenvalue weighted by molar-refractivity contribution is -0.288. The van der Waals surface area contributed by atoms with Gasteiger partial charge in [0.25, 0.3) is 11.8 Å². The fraction of sp³-hybridized carbons (Fsp3) is 0.523. The van der Waals surface area contributed by atoms with E-state index in [1.807, 2.05) is 6.07 Å². The number of nitrogens with zero attached hydrogens (tertiary/aromatic N) is 1. The minimum atomic E-state index is -1.55. The minimum Gasteiger partial charge on any atom is -0.496 e. The first-order valence-electron chi connectivity index (χ1n) is 20.3. The molecule has 2 aromatic rings. The molecule has 6 fully saturated rings. The van der Waals surface area contributed by atoms with E-state index >= 15 is 0 Å². The van der Waals surface area contributed by atoms with Crippen LogP contribution in [-0.2, 0) is 68.4 Å². The third-order valence-corrected chi connectivity index (χ3v) is 12.2. The van der Waals surface area contributed by atoms with Gasteiger partial charge in [-0.2, -0.15) is 0 Å². The number of imide groups is 1. The van der Waals surface area contributed by atoms with Crippen LogP contribution in [0.4, 0.5) is 0 Å². The molecule has 5 atom stereocenters. The van der Waals surface area contributed by atoms with Crippen LogP contribution in [0, 0.1) is 23.7 Å². The molecule has 2 amide bonds. The number of ether oxygens (including phenoxy) is 7. The van der Waals surface area contributed by atoms with Gasteiger partial charge in [-0.05, 0) is 103 Å². The zero-order valence-corrected chi connectivity index (χ0v) is 35.2. The summed E-state index contributed by atoms with van der Waals surface area (Å²) < 4.78 is 41.1. The normalized spacial score (nSPS) is 27.6. The second-order valence-electron chi connectivity index (χ2n) is 16.3. The van der Waals surface area contributed by atoms with Crippen molar-refractivity contribution in [2.45, 2.75) is 110 Å². The lowest BCUT2D eigenvalue weighted by Gasteiger charge is -2.51. The molecule has 4 bridgehead atoms. The van der Waals surface area contributed by atoms with Crippen LogP contribution in [0.5, 0.6) is 5.75 Å². The molecule has 0 spiro atoms. The Morgan fingerprint density at radius 2 is 1.31 bits per heavy atom. The fourth-order valence-corrected chi connectivity index (χ4v) is 9.89. The molecule has 8 rings (SSSR count). The maximum atomic E-state index is 12.8. The lowest BCUT2D eigenvalue weighted by atomic mass is 9.54. The maximum absolute atomic E-state index is 12.8. The summed E-state index contributed by atoms with van der Waals surface area (Å²) in [5.41, 5.74) is 3.31. The number of esters is 4. The van der Waals surface area contributed by atoms with Gasteiger partial charge in [0.05, 0.1) is 17.7 Å². The molecule has 4 aliphatic carbocycles. The SMILES string of the molecule is COC(=C1C2CC3CC(C2)CC1C3)c1cc(Cc2ccc(C(=O)ON3C(=O)CCC3=O)cc2)cc(OC2OC(COC(C)=O)C(OC(C)=O)C(OC(C)=O)C2OC(C)=O)c1Cl. The third kappa shape index (κ3) is 9.70. The number of hydrogen-bond donors (Lipinski definition) is 0. The van der Waals surface area contributed by atoms with Crippen molar-refractivity contribution in [1.82, 2.24) is 5.06 Å². The van der Waals surface area contributed by atoms with Gasteiger partial charge >= 0.3 is 29.8 Å². The van der Waals surface area contributed by atoms with E-state index in [1.54, 1.807) is 25.3 Å². The number of halogens is 1. The van der Waals surface area contributed by atoms with Gasteiger partial charge in [0, 0.05) is 46.1 Å². The highest BCUT2D eigenvalue weighted by Gasteiger charge is 2.54. The van der Waals surface area contributed by atoms with Gasteiger partial charge in [-0.25, -0.2) is 4.79 Å². The predicted octanol–water partition coefficient (Wildman–Crippen LogP) is 5.43. The zero-order chi connectivity index (χ0) is 43.7. The van der Waals surface area contributed by atoms with Crippen LogP contribution < -0.4 is 4.74 Å². The van der Waals surface area contributed by atoms with Gasteiger partial charge in [-0.15, -0.1) is 5.06 Å². The molecular formula is C44H48ClNO15. The summed E-state index contributed by atoms with van der Waals surface area (Å²) in [6.07, 6.45) is -1.45. The van der Waals surface area contributed by atoms with Crippen molar-refractivity contribution in [3.05, 3.63) is 69.2 Å². The van der Waals surface area contributed by atoms with E-state index in [4.69, 9.17) is 49.6 Å². The average molecular weight is 866 g/mol. The highest BCUT2D eigenvalue weighted by molar-refractivity contribution is 6.33. The quantitative estimate of drug-likeness (QED) is 0.107. The molecule has 5 unspecified atom stereocenters. The van der Waals surface area contributed by atoms with Crippen LogP contribution in [-0.4, -0.2) is 91.1 Å². The number of carbonyl (C=O) groups is 7. The van der Waals surface area contributed by atoms with E-state index in [1.165, 1.54) is 31.1 Å². The molecule has 2 saturated heterocycles. The smallest absolute Gasteiger partial charge is 0.363 e. The Bertz CT molecular complexity index is 2090. The number of hydrogen-bond acceptors (Lipinski definition) is 15. The molecule has 17 heteroatoms. The number of allylic oxidation sites excluding steroid dienone is 1. The van der Waals surface area contributed by atoms with Crippen LogP contribution >= 0.6 is 11.6 Å². The first-order valence-corrected chi connectivity index (χ1v) is 20.7. The fourth-order valence-electron chi connectivity index (χ4n) is 9.65. The van der Waals surface area contributed by atoms with Gasteiger partial charge < -0.3 is 38.0 Å². The van der Waals surface area contributed by atoms with Gasteiger partial charge in [0.2, 0.25) is 12.4 Å². The summed E-state index contributed by atoms with van der Waals surface area (Å²) in [6.45, 7) is 4.13. The van der Waals surface area contributed by atoms with Crippen LogP contribution in [0.25, 0.3) is 5.76 Å². The zero-order valence-electron chi connectivity index (χ0n) is 34.5. The van der Waals surface area contributed by atoms with E-state index in [0.29, 0.717) is 45.6 Å². The molecular weight excluding hydrogens is 818 g/mol. The monoisotopic (exact) mass is 865 g/mol. The Balaban J connectivity index is 1.27. The lowest BCUT2D eigenvalue weighted by Crippen LogP contribution is -2.63. The molecule has 2 aromatic carbocycles. The van der Waals surface area contributed by atoms with Crippen molar-refractivity contribution in [1.29, 1.82) is 0 Å². The molecule has 6 aliphatic rings. The largest absolute Gasteiger partial charge is 0.496 e. The number of amides is 2. The number of hydroxylamine groups is 2. The number of rotatable bonds is 13. The van der Waals surface area contributed by atoms with Gasteiger partial charge in [-0.1, -0.05) is 23.7 Å². The summed E-state index contributed by atoms with van der Waals surface area (Å²) in [7, 11) is 1.61. The van der Waals surface area contributed by atoms with Crippen molar-refractivity contribution < 1.29 is 71.6 Å². The van der Waals surface area contributed by atoms with Gasteiger partial charge in [0.1, 0.15) is 24.2 Å². The van der Waals surface area contributed by atoms with Gasteiger partial charge in [0.15, 0.2) is 12.2 Å². The Morgan fingerprint density at radius 1 is 0.738 bits per heavy atom. The molecule has 0 radical (unpaired) electrons. The van der Waals surface area contributed by atoms with E-state index in [2.05, 4.69) is 0 Å². The maximum Gasteiger partial charge on any atom is 0.363 e. The van der Waals surface area contributed by atoms with Crippen molar-refractivity contribution in [2.75, 3.05) is 13.7 Å². The average Bonchev–Trinajstić information content (AvgIpc) is 3.50. The van der Waals surface area contributed by atoms with Crippen molar-refractivity contribution in [3.8, 4) is 5.75 Å². The van der Waals surface area contributed by atoms with Crippen LogP contribution in [0.3, 0.4) is 0 Å². The predicted molar refractivity (Wildman–Crippen MR) is 211 cm³/mol. The summed E-state index contributed by atoms with van der Waals surface area (Å²) >= 11 is 7.32. The van der Waals surface area contributed by atoms with Crippen LogP contribution in [0.1, 0.15) is 99.7 Å². The highest BCUT2D eigenvalue weighted by atomic mass is 35.5. The molecule has 2 aliphatic heterocycles. The summed E-state index contributed by atoms with van der Waals surface area (Å²) in [5, 5.41) is 0.642. The molecule has 0 N–H and O–H groups in total. The van der Waals surface area contributed by atoms with Crippen molar-refractivity contribution in [3.63, 3.8) is 0 Å². The molecule has 326 valence electrons. The van der Waals surface area contributed by atoms with E-state index in [-0.39, 0.29) is 35.6 Å². The van der Waals surface area contributed by atoms with Gasteiger partial charge in [-0.3, -0.25) is 28.8 Å². The minimum absolute atomic E-state index is 0.0304. The summed E-state index contributed by atoms with van der Waals surface area (Å²) in [5.74, 6) is -2.36. The first kappa shape index (κ1) is 43.6. The number of carbonyl (C=O) groups excluding carboxylic acids is 7. The topological polar surface area (TPSA) is 197 Å². The molecule has 0 aromatic heterocycles. The molecule has 61 heavy (non-hydrogen) atoms.